The van der Waals surface area contributed by atoms with Crippen molar-refractivity contribution in [2.45, 2.75) is 19.4 Å². The second-order valence-corrected chi connectivity index (χ2v) is 7.32. The molecule has 1 aromatic carbocycles. The molecule has 1 unspecified atom stereocenters. The summed E-state index contributed by atoms with van der Waals surface area (Å²) in [6.45, 7) is 1.85. The molecule has 0 aliphatic heterocycles. The van der Waals surface area contributed by atoms with E-state index in [1.807, 2.05) is 13.0 Å². The van der Waals surface area contributed by atoms with Gasteiger partial charge in [-0.3, -0.25) is 0 Å². The zero-order chi connectivity index (χ0) is 13.3. The second-order valence-electron chi connectivity index (χ2n) is 4.06. The fourth-order valence-corrected chi connectivity index (χ4v) is 3.80. The molecule has 5 heteroatoms. The molecule has 1 N–H and O–H groups in total. The average molecular weight is 394 g/mol. The largest absolute Gasteiger partial charge is 0.387 e. The van der Waals surface area contributed by atoms with Crippen LogP contribution in [0.15, 0.2) is 32.5 Å². The van der Waals surface area contributed by atoms with E-state index in [1.165, 1.54) is 23.5 Å². The lowest BCUT2D eigenvalue weighted by atomic mass is 10.0. The molecule has 1 atom stereocenters. The summed E-state index contributed by atoms with van der Waals surface area (Å²) in [6.07, 6.45) is -0.0762. The van der Waals surface area contributed by atoms with Gasteiger partial charge in [0, 0.05) is 15.8 Å². The lowest BCUT2D eigenvalue weighted by molar-refractivity contribution is 0.182. The number of aryl methyl sites for hydroxylation is 1. The molecule has 96 valence electrons. The first-order valence-electron chi connectivity index (χ1n) is 5.35. The monoisotopic (exact) mass is 392 g/mol. The minimum atomic E-state index is -0.568. The van der Waals surface area contributed by atoms with Crippen LogP contribution in [0.3, 0.4) is 0 Å². The van der Waals surface area contributed by atoms with Gasteiger partial charge in [0.2, 0.25) is 0 Å². The van der Waals surface area contributed by atoms with Gasteiger partial charge in [0.05, 0.1) is 9.89 Å². The lowest BCUT2D eigenvalue weighted by Crippen LogP contribution is -2.01. The van der Waals surface area contributed by atoms with Crippen LogP contribution >= 0.6 is 43.2 Å². The van der Waals surface area contributed by atoms with Gasteiger partial charge in [-0.25, -0.2) is 4.39 Å². The van der Waals surface area contributed by atoms with E-state index in [9.17, 15) is 9.50 Å². The van der Waals surface area contributed by atoms with E-state index in [0.717, 1.165) is 24.3 Å². The lowest BCUT2D eigenvalue weighted by Gasteiger charge is -2.10. The zero-order valence-electron chi connectivity index (χ0n) is 9.58. The Kier molecular flexibility index (Phi) is 4.59. The molecule has 2 rings (SSSR count). The number of hydrogen-bond donors (Lipinski definition) is 1. The molecule has 0 amide bonds. The average Bonchev–Trinajstić information content (AvgIpc) is 2.63. The fraction of sp³-hybridized carbons (Fsp3) is 0.231. The van der Waals surface area contributed by atoms with Crippen LogP contribution < -0.4 is 0 Å². The third kappa shape index (κ3) is 3.20. The number of rotatable bonds is 3. The third-order valence-electron chi connectivity index (χ3n) is 2.71. The number of thiophene rings is 1. The smallest absolute Gasteiger partial charge is 0.123 e. The van der Waals surface area contributed by atoms with Gasteiger partial charge in [-0.1, -0.05) is 6.07 Å². The Morgan fingerprint density at radius 2 is 2.06 bits per heavy atom. The SMILES string of the molecule is Cc1cc(F)ccc1CC(O)c1cc(Br)c(Br)s1. The molecule has 0 aliphatic carbocycles. The summed E-state index contributed by atoms with van der Waals surface area (Å²) in [6, 6.07) is 6.54. The van der Waals surface area contributed by atoms with Crippen LogP contribution in [0.5, 0.6) is 0 Å². The summed E-state index contributed by atoms with van der Waals surface area (Å²) in [4.78, 5) is 0.887. The van der Waals surface area contributed by atoms with Crippen LogP contribution in [-0.2, 0) is 6.42 Å². The van der Waals surface area contributed by atoms with Crippen molar-refractivity contribution in [3.8, 4) is 0 Å². The highest BCUT2D eigenvalue weighted by molar-refractivity contribution is 9.13. The van der Waals surface area contributed by atoms with Crippen molar-refractivity contribution in [2.75, 3.05) is 0 Å². The first kappa shape index (κ1) is 14.2. The van der Waals surface area contributed by atoms with Crippen molar-refractivity contribution in [3.63, 3.8) is 0 Å². The number of halogens is 3. The molecular weight excluding hydrogens is 383 g/mol. The highest BCUT2D eigenvalue weighted by Gasteiger charge is 2.14. The Labute approximate surface area is 126 Å². The maximum Gasteiger partial charge on any atom is 0.123 e. The van der Waals surface area contributed by atoms with Crippen molar-refractivity contribution < 1.29 is 9.50 Å². The Morgan fingerprint density at radius 1 is 1.33 bits per heavy atom. The number of aliphatic hydroxyl groups excluding tert-OH is 1. The molecule has 18 heavy (non-hydrogen) atoms. The molecule has 0 saturated heterocycles. The molecular formula is C13H11Br2FOS. The minimum absolute atomic E-state index is 0.243. The van der Waals surface area contributed by atoms with Crippen molar-refractivity contribution in [2.24, 2.45) is 0 Å². The van der Waals surface area contributed by atoms with Gasteiger partial charge >= 0.3 is 0 Å². The zero-order valence-corrected chi connectivity index (χ0v) is 13.6. The summed E-state index contributed by atoms with van der Waals surface area (Å²) in [5.41, 5.74) is 1.83. The standard InChI is InChI=1S/C13H11Br2FOS/c1-7-4-9(16)3-2-8(7)5-11(17)12-6-10(14)13(15)18-12/h2-4,6,11,17H,5H2,1H3. The van der Waals surface area contributed by atoms with E-state index in [-0.39, 0.29) is 5.82 Å². The predicted octanol–water partition coefficient (Wildman–Crippen LogP) is 5.00. The van der Waals surface area contributed by atoms with Crippen LogP contribution in [0.25, 0.3) is 0 Å². The van der Waals surface area contributed by atoms with Gasteiger partial charge in [-0.2, -0.15) is 0 Å². The molecule has 0 fully saturated rings. The topological polar surface area (TPSA) is 20.2 Å². The van der Waals surface area contributed by atoms with Gasteiger partial charge in [0.25, 0.3) is 0 Å². The van der Waals surface area contributed by atoms with Crippen LogP contribution in [0.1, 0.15) is 22.1 Å². The molecule has 0 bridgehead atoms. The summed E-state index contributed by atoms with van der Waals surface area (Å²) in [5.74, 6) is -0.243. The van der Waals surface area contributed by atoms with Crippen LogP contribution in [-0.4, -0.2) is 5.11 Å². The molecule has 1 nitrogen and oxygen atoms in total. The van der Waals surface area contributed by atoms with Crippen LogP contribution in [0, 0.1) is 12.7 Å². The second kappa shape index (κ2) is 5.82. The highest BCUT2D eigenvalue weighted by atomic mass is 79.9. The van der Waals surface area contributed by atoms with Crippen LogP contribution in [0.4, 0.5) is 4.39 Å². The van der Waals surface area contributed by atoms with E-state index in [4.69, 9.17) is 0 Å². The Morgan fingerprint density at radius 3 is 2.61 bits per heavy atom. The molecule has 2 aromatic rings. The third-order valence-corrected chi connectivity index (χ3v) is 6.07. The van der Waals surface area contributed by atoms with Gasteiger partial charge in [0.15, 0.2) is 0 Å². The van der Waals surface area contributed by atoms with Crippen molar-refractivity contribution in [1.29, 1.82) is 0 Å². The Balaban J connectivity index is 2.18. The maximum absolute atomic E-state index is 13.0. The van der Waals surface area contributed by atoms with Gasteiger partial charge in [-0.05, 0) is 68.1 Å². The van der Waals surface area contributed by atoms with Gasteiger partial charge < -0.3 is 5.11 Å². The fourth-order valence-electron chi connectivity index (χ4n) is 1.72. The Hall–Kier alpha value is -0.230. The molecule has 0 saturated carbocycles. The summed E-state index contributed by atoms with van der Waals surface area (Å²) < 4.78 is 14.9. The summed E-state index contributed by atoms with van der Waals surface area (Å²) in [5, 5.41) is 10.2. The Bertz CT molecular complexity index is 549. The number of hydrogen-bond acceptors (Lipinski definition) is 2. The minimum Gasteiger partial charge on any atom is -0.387 e. The normalized spacial score (nSPS) is 12.7. The summed E-state index contributed by atoms with van der Waals surface area (Å²) in [7, 11) is 0. The molecule has 0 radical (unpaired) electrons. The number of aliphatic hydroxyl groups is 1. The van der Waals surface area contributed by atoms with Crippen LogP contribution in [0.2, 0.25) is 0 Å². The van der Waals surface area contributed by atoms with E-state index in [1.54, 1.807) is 6.07 Å². The van der Waals surface area contributed by atoms with E-state index >= 15 is 0 Å². The maximum atomic E-state index is 13.0. The summed E-state index contributed by atoms with van der Waals surface area (Å²) >= 11 is 8.30. The molecule has 1 aromatic heterocycles. The van der Waals surface area contributed by atoms with Gasteiger partial charge in [-0.15, -0.1) is 11.3 Å². The molecule has 0 aliphatic rings. The predicted molar refractivity (Wildman–Crippen MR) is 79.5 cm³/mol. The van der Waals surface area contributed by atoms with E-state index in [2.05, 4.69) is 31.9 Å². The van der Waals surface area contributed by atoms with Crippen molar-refractivity contribution in [3.05, 3.63) is 54.3 Å². The van der Waals surface area contributed by atoms with Gasteiger partial charge in [0.1, 0.15) is 5.82 Å². The first-order chi connectivity index (χ1) is 8.47. The molecule has 0 spiro atoms. The molecule has 1 heterocycles. The highest BCUT2D eigenvalue weighted by Crippen LogP contribution is 2.36. The number of benzene rings is 1. The van der Waals surface area contributed by atoms with Crippen molar-refractivity contribution >= 4 is 43.2 Å². The van der Waals surface area contributed by atoms with E-state index in [0.29, 0.717) is 6.42 Å². The first-order valence-corrected chi connectivity index (χ1v) is 7.75. The quantitative estimate of drug-likeness (QED) is 0.778. The van der Waals surface area contributed by atoms with E-state index < -0.39 is 6.10 Å². The van der Waals surface area contributed by atoms with Crippen molar-refractivity contribution in [1.82, 2.24) is 0 Å².